The molecule has 0 aliphatic rings. The van der Waals surface area contributed by atoms with E-state index in [1.165, 1.54) is 11.8 Å². The number of hydrogen-bond acceptors (Lipinski definition) is 5. The average molecular weight is 433 g/mol. The fourth-order valence-corrected chi connectivity index (χ4v) is 3.06. The van der Waals surface area contributed by atoms with Crippen molar-refractivity contribution in [2.45, 2.75) is 18.5 Å². The van der Waals surface area contributed by atoms with Crippen molar-refractivity contribution >= 4 is 49.4 Å². The predicted molar refractivity (Wildman–Crippen MR) is 94.5 cm³/mol. The van der Waals surface area contributed by atoms with Crippen LogP contribution in [-0.2, 0) is 0 Å². The van der Waals surface area contributed by atoms with Gasteiger partial charge in [0.25, 0.3) is 0 Å². The zero-order valence-corrected chi connectivity index (χ0v) is 15.7. The van der Waals surface area contributed by atoms with Crippen molar-refractivity contribution in [3.63, 3.8) is 0 Å². The molecule has 0 saturated carbocycles. The zero-order chi connectivity index (χ0) is 15.2. The van der Waals surface area contributed by atoms with Crippen LogP contribution in [0.4, 0.5) is 5.82 Å². The molecule has 1 aromatic heterocycles. The Morgan fingerprint density at radius 2 is 2.05 bits per heavy atom. The second-order valence-corrected chi connectivity index (χ2v) is 6.73. The van der Waals surface area contributed by atoms with Gasteiger partial charge in [-0.1, -0.05) is 34.6 Å². The third-order valence-electron chi connectivity index (χ3n) is 2.53. The van der Waals surface area contributed by atoms with E-state index in [9.17, 15) is 0 Å². The molecule has 1 N–H and O–H groups in total. The lowest BCUT2D eigenvalue weighted by molar-refractivity contribution is 0.453. The van der Waals surface area contributed by atoms with Gasteiger partial charge in [-0.05, 0) is 46.8 Å². The van der Waals surface area contributed by atoms with E-state index in [2.05, 4.69) is 54.1 Å². The number of anilines is 1. The SMILES string of the molecule is CCCNc1cc(Oc2ccc(Br)cc2Br)nc(SC)n1. The summed E-state index contributed by atoms with van der Waals surface area (Å²) < 4.78 is 7.71. The molecule has 0 fully saturated rings. The maximum atomic E-state index is 5.86. The Morgan fingerprint density at radius 1 is 1.24 bits per heavy atom. The van der Waals surface area contributed by atoms with Crippen molar-refractivity contribution in [1.82, 2.24) is 9.97 Å². The smallest absolute Gasteiger partial charge is 0.225 e. The standard InChI is InChI=1S/C14H15Br2N3OS/c1-3-6-17-12-8-13(19-14(18-12)21-2)20-11-5-4-9(15)7-10(11)16/h4-5,7-8H,3,6H2,1-2H3,(H,17,18,19). The van der Waals surface area contributed by atoms with Gasteiger partial charge >= 0.3 is 0 Å². The lowest BCUT2D eigenvalue weighted by atomic mass is 10.3. The molecule has 0 radical (unpaired) electrons. The van der Waals surface area contributed by atoms with E-state index in [1.807, 2.05) is 30.5 Å². The van der Waals surface area contributed by atoms with Crippen LogP contribution in [0.3, 0.4) is 0 Å². The van der Waals surface area contributed by atoms with Crippen LogP contribution >= 0.6 is 43.6 Å². The van der Waals surface area contributed by atoms with Crippen LogP contribution in [0.2, 0.25) is 0 Å². The predicted octanol–water partition coefficient (Wildman–Crippen LogP) is 5.34. The Bertz CT molecular complexity index is 625. The number of thioether (sulfide) groups is 1. The Labute approximate surface area is 145 Å². The normalized spacial score (nSPS) is 10.5. The van der Waals surface area contributed by atoms with Crippen LogP contribution in [0.5, 0.6) is 11.6 Å². The minimum absolute atomic E-state index is 0.524. The number of hydrogen-bond donors (Lipinski definition) is 1. The van der Waals surface area contributed by atoms with Crippen LogP contribution in [0, 0.1) is 0 Å². The van der Waals surface area contributed by atoms with Crippen molar-refractivity contribution in [2.24, 2.45) is 0 Å². The van der Waals surface area contributed by atoms with Gasteiger partial charge in [-0.3, -0.25) is 0 Å². The minimum atomic E-state index is 0.524. The van der Waals surface area contributed by atoms with Gasteiger partial charge < -0.3 is 10.1 Å². The van der Waals surface area contributed by atoms with Gasteiger partial charge in [0.05, 0.1) is 4.47 Å². The second kappa shape index (κ2) is 8.00. The second-order valence-electron chi connectivity index (χ2n) is 4.18. The molecule has 0 aliphatic heterocycles. The molecule has 2 aromatic rings. The van der Waals surface area contributed by atoms with Gasteiger partial charge in [0.15, 0.2) is 5.16 Å². The highest BCUT2D eigenvalue weighted by atomic mass is 79.9. The quantitative estimate of drug-likeness (QED) is 0.493. The maximum Gasteiger partial charge on any atom is 0.225 e. The van der Waals surface area contributed by atoms with Crippen molar-refractivity contribution in [2.75, 3.05) is 18.1 Å². The molecule has 0 amide bonds. The number of nitrogens with zero attached hydrogens (tertiary/aromatic N) is 2. The number of rotatable bonds is 6. The molecule has 2 rings (SSSR count). The van der Waals surface area contributed by atoms with E-state index < -0.39 is 0 Å². The lowest BCUT2D eigenvalue weighted by Gasteiger charge is -2.10. The van der Waals surface area contributed by atoms with Crippen LogP contribution in [-0.4, -0.2) is 22.8 Å². The van der Waals surface area contributed by atoms with Gasteiger partial charge in [-0.25, -0.2) is 4.98 Å². The molecule has 112 valence electrons. The van der Waals surface area contributed by atoms with E-state index in [1.54, 1.807) is 0 Å². The topological polar surface area (TPSA) is 47.0 Å². The summed E-state index contributed by atoms with van der Waals surface area (Å²) >= 11 is 8.39. The molecule has 0 atom stereocenters. The van der Waals surface area contributed by atoms with Gasteiger partial charge in [0.1, 0.15) is 11.6 Å². The molecule has 0 unspecified atom stereocenters. The summed E-state index contributed by atoms with van der Waals surface area (Å²) in [6.45, 7) is 2.98. The highest BCUT2D eigenvalue weighted by molar-refractivity contribution is 9.11. The highest BCUT2D eigenvalue weighted by Gasteiger charge is 2.08. The molecule has 0 bridgehead atoms. The molecular formula is C14H15Br2N3OS. The first-order chi connectivity index (χ1) is 10.1. The number of nitrogens with one attached hydrogen (secondary N) is 1. The Kier molecular flexibility index (Phi) is 6.32. The summed E-state index contributed by atoms with van der Waals surface area (Å²) in [6.07, 6.45) is 2.98. The fraction of sp³-hybridized carbons (Fsp3) is 0.286. The van der Waals surface area contributed by atoms with Gasteiger partial charge in [-0.15, -0.1) is 0 Å². The number of aromatic nitrogens is 2. The first kappa shape index (κ1) is 16.6. The van der Waals surface area contributed by atoms with Crippen LogP contribution < -0.4 is 10.1 Å². The monoisotopic (exact) mass is 431 g/mol. The summed E-state index contributed by atoms with van der Waals surface area (Å²) in [5.74, 6) is 2.01. The van der Waals surface area contributed by atoms with Crippen molar-refractivity contribution in [3.05, 3.63) is 33.2 Å². The summed E-state index contributed by atoms with van der Waals surface area (Å²) in [6, 6.07) is 7.55. The summed E-state index contributed by atoms with van der Waals surface area (Å²) in [4.78, 5) is 8.78. The molecule has 0 aliphatic carbocycles. The molecule has 1 heterocycles. The average Bonchev–Trinajstić information content (AvgIpc) is 2.48. The Hall–Kier alpha value is -0.790. The molecule has 4 nitrogen and oxygen atoms in total. The first-order valence-corrected chi connectivity index (χ1v) is 9.23. The molecular weight excluding hydrogens is 418 g/mol. The minimum Gasteiger partial charge on any atom is -0.438 e. The third kappa shape index (κ3) is 4.86. The Balaban J connectivity index is 2.25. The van der Waals surface area contributed by atoms with Crippen LogP contribution in [0.15, 0.2) is 38.4 Å². The van der Waals surface area contributed by atoms with Crippen molar-refractivity contribution in [1.29, 1.82) is 0 Å². The van der Waals surface area contributed by atoms with E-state index in [0.29, 0.717) is 16.8 Å². The summed E-state index contributed by atoms with van der Waals surface area (Å²) in [5, 5.41) is 3.94. The molecule has 21 heavy (non-hydrogen) atoms. The Morgan fingerprint density at radius 3 is 2.71 bits per heavy atom. The summed E-state index contributed by atoms with van der Waals surface area (Å²) in [5.41, 5.74) is 0. The third-order valence-corrected chi connectivity index (χ3v) is 4.19. The molecule has 0 saturated heterocycles. The summed E-state index contributed by atoms with van der Waals surface area (Å²) in [7, 11) is 0. The van der Waals surface area contributed by atoms with E-state index >= 15 is 0 Å². The van der Waals surface area contributed by atoms with Crippen LogP contribution in [0.25, 0.3) is 0 Å². The van der Waals surface area contributed by atoms with E-state index in [-0.39, 0.29) is 0 Å². The van der Waals surface area contributed by atoms with Crippen molar-refractivity contribution < 1.29 is 4.74 Å². The van der Waals surface area contributed by atoms with Gasteiger partial charge in [-0.2, -0.15) is 4.98 Å². The number of ether oxygens (including phenoxy) is 1. The van der Waals surface area contributed by atoms with Gasteiger partial charge in [0.2, 0.25) is 5.88 Å². The fourth-order valence-electron chi connectivity index (χ4n) is 1.56. The van der Waals surface area contributed by atoms with Crippen LogP contribution in [0.1, 0.15) is 13.3 Å². The van der Waals surface area contributed by atoms with E-state index in [0.717, 1.165) is 27.7 Å². The lowest BCUT2D eigenvalue weighted by Crippen LogP contribution is -2.04. The highest BCUT2D eigenvalue weighted by Crippen LogP contribution is 2.32. The molecule has 0 spiro atoms. The maximum absolute atomic E-state index is 5.86. The molecule has 1 aromatic carbocycles. The zero-order valence-electron chi connectivity index (χ0n) is 11.7. The first-order valence-electron chi connectivity index (χ1n) is 6.42. The number of halogens is 2. The van der Waals surface area contributed by atoms with Crippen molar-refractivity contribution in [3.8, 4) is 11.6 Å². The largest absolute Gasteiger partial charge is 0.438 e. The van der Waals surface area contributed by atoms with Gasteiger partial charge in [0, 0.05) is 17.1 Å². The number of benzene rings is 1. The molecule has 7 heteroatoms. The van der Waals surface area contributed by atoms with E-state index in [4.69, 9.17) is 4.74 Å².